The normalized spacial score (nSPS) is 11.0. The van der Waals surface area contributed by atoms with Gasteiger partial charge in [-0.1, -0.05) is 19.8 Å². The zero-order chi connectivity index (χ0) is 15.2. The van der Waals surface area contributed by atoms with E-state index in [0.29, 0.717) is 24.2 Å². The van der Waals surface area contributed by atoms with E-state index in [0.717, 1.165) is 24.8 Å². The summed E-state index contributed by atoms with van der Waals surface area (Å²) in [6.45, 7) is 2.97. The number of benzene rings is 1. The van der Waals surface area contributed by atoms with Crippen LogP contribution in [0.4, 0.5) is 4.39 Å². The fourth-order valence-corrected chi connectivity index (χ4v) is 2.38. The summed E-state index contributed by atoms with van der Waals surface area (Å²) < 4.78 is 13.2. The Hall–Kier alpha value is -1.88. The van der Waals surface area contributed by atoms with E-state index in [1.165, 1.54) is 12.1 Å². The number of carbonyl (C=O) groups is 1. The quantitative estimate of drug-likeness (QED) is 0.771. The van der Waals surface area contributed by atoms with E-state index in [1.54, 1.807) is 17.0 Å². The van der Waals surface area contributed by atoms with Gasteiger partial charge in [0.15, 0.2) is 0 Å². The SMILES string of the molecule is CCCCCN(CCO)C(=O)c1cc2cc(F)ccc2[nH]1. The Morgan fingerprint density at radius 2 is 2.10 bits per heavy atom. The first-order chi connectivity index (χ1) is 10.2. The molecule has 0 atom stereocenters. The van der Waals surface area contributed by atoms with Crippen molar-refractivity contribution in [1.82, 2.24) is 9.88 Å². The van der Waals surface area contributed by atoms with E-state index in [1.807, 2.05) is 0 Å². The molecule has 1 amide bonds. The number of aromatic amines is 1. The van der Waals surface area contributed by atoms with E-state index in [2.05, 4.69) is 11.9 Å². The lowest BCUT2D eigenvalue weighted by Gasteiger charge is -2.20. The summed E-state index contributed by atoms with van der Waals surface area (Å²) in [5.74, 6) is -0.479. The summed E-state index contributed by atoms with van der Waals surface area (Å²) in [7, 11) is 0. The first-order valence-corrected chi connectivity index (χ1v) is 7.34. The molecular weight excluding hydrogens is 271 g/mol. The van der Waals surface area contributed by atoms with Crippen LogP contribution in [-0.2, 0) is 0 Å². The average molecular weight is 292 g/mol. The third kappa shape index (κ3) is 3.82. The maximum atomic E-state index is 13.2. The number of carbonyl (C=O) groups excluding carboxylic acids is 1. The molecule has 1 aromatic carbocycles. The highest BCUT2D eigenvalue weighted by Gasteiger charge is 2.17. The van der Waals surface area contributed by atoms with Crippen LogP contribution in [0.5, 0.6) is 0 Å². The minimum atomic E-state index is -0.323. The Morgan fingerprint density at radius 1 is 1.29 bits per heavy atom. The molecule has 0 radical (unpaired) electrons. The number of rotatable bonds is 7. The summed E-state index contributed by atoms with van der Waals surface area (Å²) in [5, 5.41) is 9.79. The molecular formula is C16H21FN2O2. The Morgan fingerprint density at radius 3 is 2.81 bits per heavy atom. The Labute approximate surface area is 123 Å². The fourth-order valence-electron chi connectivity index (χ4n) is 2.38. The summed E-state index contributed by atoms with van der Waals surface area (Å²) in [6, 6.07) is 6.04. The van der Waals surface area contributed by atoms with Crippen LogP contribution < -0.4 is 0 Å². The third-order valence-electron chi connectivity index (χ3n) is 3.50. The largest absolute Gasteiger partial charge is 0.395 e. The first kappa shape index (κ1) is 15.5. The number of fused-ring (bicyclic) bond motifs is 1. The standard InChI is InChI=1S/C16H21FN2O2/c1-2-3-4-7-19(8-9-20)16(21)15-11-12-10-13(17)5-6-14(12)18-15/h5-6,10-11,18,20H,2-4,7-9H2,1H3. The van der Waals surface area contributed by atoms with Gasteiger partial charge >= 0.3 is 0 Å². The number of H-pyrrole nitrogens is 1. The lowest BCUT2D eigenvalue weighted by molar-refractivity contribution is 0.0713. The smallest absolute Gasteiger partial charge is 0.270 e. The molecule has 5 heteroatoms. The second-order valence-corrected chi connectivity index (χ2v) is 5.14. The highest BCUT2D eigenvalue weighted by Crippen LogP contribution is 2.18. The summed E-state index contributed by atoms with van der Waals surface area (Å²) in [5.41, 5.74) is 1.16. The van der Waals surface area contributed by atoms with Crippen molar-refractivity contribution < 1.29 is 14.3 Å². The van der Waals surface area contributed by atoms with Gasteiger partial charge in [-0.05, 0) is 30.7 Å². The molecule has 0 saturated carbocycles. The van der Waals surface area contributed by atoms with Gasteiger partial charge in [0, 0.05) is 24.0 Å². The van der Waals surface area contributed by atoms with Crippen molar-refractivity contribution in [2.75, 3.05) is 19.7 Å². The lowest BCUT2D eigenvalue weighted by atomic mass is 10.2. The van der Waals surface area contributed by atoms with Crippen LogP contribution in [0, 0.1) is 5.82 Å². The zero-order valence-corrected chi connectivity index (χ0v) is 12.2. The van der Waals surface area contributed by atoms with Crippen molar-refractivity contribution in [3.63, 3.8) is 0 Å². The number of aliphatic hydroxyl groups excluding tert-OH is 1. The number of hydrogen-bond donors (Lipinski definition) is 2. The molecule has 0 aliphatic rings. The van der Waals surface area contributed by atoms with Gasteiger partial charge in [-0.25, -0.2) is 4.39 Å². The number of unbranched alkanes of at least 4 members (excludes halogenated alkanes) is 2. The summed E-state index contributed by atoms with van der Waals surface area (Å²) in [6.07, 6.45) is 3.04. The second-order valence-electron chi connectivity index (χ2n) is 5.14. The molecule has 2 aromatic rings. The first-order valence-electron chi connectivity index (χ1n) is 7.34. The van der Waals surface area contributed by atoms with Gasteiger partial charge in [-0.2, -0.15) is 0 Å². The molecule has 0 spiro atoms. The van der Waals surface area contributed by atoms with Crippen molar-refractivity contribution in [1.29, 1.82) is 0 Å². The summed E-state index contributed by atoms with van der Waals surface area (Å²) >= 11 is 0. The van der Waals surface area contributed by atoms with E-state index in [4.69, 9.17) is 5.11 Å². The van der Waals surface area contributed by atoms with Crippen LogP contribution in [0.3, 0.4) is 0 Å². The predicted molar refractivity (Wildman–Crippen MR) is 80.8 cm³/mol. The molecule has 4 nitrogen and oxygen atoms in total. The number of halogens is 1. The number of amides is 1. The van der Waals surface area contributed by atoms with Gasteiger partial charge in [0.1, 0.15) is 11.5 Å². The van der Waals surface area contributed by atoms with Gasteiger partial charge in [-0.15, -0.1) is 0 Å². The van der Waals surface area contributed by atoms with Crippen molar-refractivity contribution in [2.45, 2.75) is 26.2 Å². The lowest BCUT2D eigenvalue weighted by Crippen LogP contribution is -2.34. The zero-order valence-electron chi connectivity index (χ0n) is 12.2. The van der Waals surface area contributed by atoms with Crippen LogP contribution in [0.25, 0.3) is 10.9 Å². The molecule has 1 heterocycles. The van der Waals surface area contributed by atoms with Crippen molar-refractivity contribution in [3.8, 4) is 0 Å². The number of nitrogens with zero attached hydrogens (tertiary/aromatic N) is 1. The average Bonchev–Trinajstić information content (AvgIpc) is 2.88. The van der Waals surface area contributed by atoms with Gasteiger partial charge in [0.25, 0.3) is 5.91 Å². The molecule has 114 valence electrons. The second kappa shape index (κ2) is 7.22. The summed E-state index contributed by atoms with van der Waals surface area (Å²) in [4.78, 5) is 17.1. The van der Waals surface area contributed by atoms with Gasteiger partial charge in [0.2, 0.25) is 0 Å². The molecule has 2 N–H and O–H groups in total. The van der Waals surface area contributed by atoms with Crippen molar-refractivity contribution in [3.05, 3.63) is 35.8 Å². The molecule has 2 rings (SSSR count). The number of nitrogens with one attached hydrogen (secondary N) is 1. The maximum Gasteiger partial charge on any atom is 0.270 e. The van der Waals surface area contributed by atoms with Crippen molar-refractivity contribution in [2.24, 2.45) is 0 Å². The highest BCUT2D eigenvalue weighted by molar-refractivity contribution is 5.98. The topological polar surface area (TPSA) is 56.3 Å². The number of aliphatic hydroxyl groups is 1. The van der Waals surface area contributed by atoms with E-state index in [9.17, 15) is 9.18 Å². The predicted octanol–water partition coefficient (Wildman–Crippen LogP) is 2.93. The third-order valence-corrected chi connectivity index (χ3v) is 3.50. The molecule has 21 heavy (non-hydrogen) atoms. The molecule has 0 bridgehead atoms. The van der Waals surface area contributed by atoms with Gasteiger partial charge in [0.05, 0.1) is 6.61 Å². The molecule has 0 aliphatic carbocycles. The molecule has 0 aliphatic heterocycles. The molecule has 0 fully saturated rings. The number of hydrogen-bond acceptors (Lipinski definition) is 2. The Kier molecular flexibility index (Phi) is 5.33. The minimum absolute atomic E-state index is 0.0628. The molecule has 1 aromatic heterocycles. The van der Waals surface area contributed by atoms with E-state index in [-0.39, 0.29) is 18.3 Å². The van der Waals surface area contributed by atoms with Crippen LogP contribution in [0.2, 0.25) is 0 Å². The van der Waals surface area contributed by atoms with E-state index >= 15 is 0 Å². The van der Waals surface area contributed by atoms with Crippen LogP contribution >= 0.6 is 0 Å². The van der Waals surface area contributed by atoms with Gasteiger partial charge in [-0.3, -0.25) is 4.79 Å². The van der Waals surface area contributed by atoms with Crippen LogP contribution in [0.15, 0.2) is 24.3 Å². The Bertz CT molecular complexity index is 609. The Balaban J connectivity index is 2.17. The van der Waals surface area contributed by atoms with Crippen LogP contribution in [-0.4, -0.2) is 40.6 Å². The van der Waals surface area contributed by atoms with E-state index < -0.39 is 0 Å². The van der Waals surface area contributed by atoms with Crippen LogP contribution in [0.1, 0.15) is 36.7 Å². The fraction of sp³-hybridized carbons (Fsp3) is 0.438. The number of aromatic nitrogens is 1. The molecule has 0 unspecified atom stereocenters. The highest BCUT2D eigenvalue weighted by atomic mass is 19.1. The van der Waals surface area contributed by atoms with Gasteiger partial charge < -0.3 is 15.0 Å². The molecule has 0 saturated heterocycles. The monoisotopic (exact) mass is 292 g/mol. The van der Waals surface area contributed by atoms with Crippen molar-refractivity contribution >= 4 is 16.8 Å². The maximum absolute atomic E-state index is 13.2. The minimum Gasteiger partial charge on any atom is -0.395 e.